The molecule has 170 valence electrons. The highest BCUT2D eigenvalue weighted by atomic mass is 16.6. The van der Waals surface area contributed by atoms with Gasteiger partial charge >= 0.3 is 11.9 Å². The molecule has 1 heterocycles. The summed E-state index contributed by atoms with van der Waals surface area (Å²) in [5.74, 6) is 2.27. The van der Waals surface area contributed by atoms with Gasteiger partial charge in [0.25, 0.3) is 0 Å². The quantitative estimate of drug-likeness (QED) is 0.408. The summed E-state index contributed by atoms with van der Waals surface area (Å²) in [7, 11) is 0. The number of carbonyl (C=O) groups is 2. The van der Waals surface area contributed by atoms with Crippen molar-refractivity contribution in [1.82, 2.24) is 4.98 Å². The van der Waals surface area contributed by atoms with E-state index in [-0.39, 0.29) is 24.9 Å². The van der Waals surface area contributed by atoms with Crippen molar-refractivity contribution in [2.24, 2.45) is 5.92 Å². The highest BCUT2D eigenvalue weighted by Crippen LogP contribution is 2.17. The molecule has 0 spiro atoms. The van der Waals surface area contributed by atoms with Gasteiger partial charge < -0.3 is 19.9 Å². The summed E-state index contributed by atoms with van der Waals surface area (Å²) in [4.78, 5) is 27.2. The topological polar surface area (TPSA) is 97.8 Å². The van der Waals surface area contributed by atoms with E-state index in [1.807, 2.05) is 57.2 Å². The number of anilines is 1. The number of esters is 1. The molecule has 0 aliphatic rings. The Bertz CT molecular complexity index is 942. The highest BCUT2D eigenvalue weighted by Gasteiger charge is 2.16. The van der Waals surface area contributed by atoms with Crippen LogP contribution in [-0.4, -0.2) is 40.8 Å². The van der Waals surface area contributed by atoms with Crippen molar-refractivity contribution in [3.63, 3.8) is 0 Å². The number of pyridine rings is 1. The lowest BCUT2D eigenvalue weighted by molar-refractivity contribution is -0.152. The zero-order valence-electron chi connectivity index (χ0n) is 18.8. The van der Waals surface area contributed by atoms with Crippen molar-refractivity contribution in [1.29, 1.82) is 0 Å². The number of carboxylic acid groups (broad SMARTS) is 1. The third-order valence-electron chi connectivity index (χ3n) is 4.33. The van der Waals surface area contributed by atoms with Crippen LogP contribution >= 0.6 is 0 Å². The second-order valence-electron chi connectivity index (χ2n) is 8.36. The number of rotatable bonds is 11. The Labute approximate surface area is 189 Å². The number of aliphatic carboxylic acids is 1. The molecule has 2 N–H and O–H groups in total. The van der Waals surface area contributed by atoms with Crippen LogP contribution in [0.25, 0.3) is 0 Å². The predicted molar refractivity (Wildman–Crippen MR) is 122 cm³/mol. The molecule has 2 rings (SSSR count). The number of nitrogens with zero attached hydrogens (tertiary/aromatic N) is 1. The van der Waals surface area contributed by atoms with E-state index in [1.54, 1.807) is 6.07 Å². The lowest BCUT2D eigenvalue weighted by atomic mass is 9.97. The summed E-state index contributed by atoms with van der Waals surface area (Å²) in [6, 6.07) is 13.0. The molecule has 0 aliphatic carbocycles. The van der Waals surface area contributed by atoms with E-state index in [0.29, 0.717) is 31.0 Å². The molecule has 1 aromatic heterocycles. The van der Waals surface area contributed by atoms with E-state index in [2.05, 4.69) is 16.2 Å². The molecule has 0 aliphatic heterocycles. The number of aromatic nitrogens is 1. The maximum atomic E-state index is 11.8. The van der Waals surface area contributed by atoms with Gasteiger partial charge in [-0.25, -0.2) is 4.98 Å². The fraction of sp³-hybridized carbons (Fsp3) is 0.400. The van der Waals surface area contributed by atoms with Crippen molar-refractivity contribution >= 4 is 17.8 Å². The van der Waals surface area contributed by atoms with Gasteiger partial charge in [0.2, 0.25) is 0 Å². The van der Waals surface area contributed by atoms with Gasteiger partial charge in [-0.05, 0) is 57.0 Å². The molecule has 0 fully saturated rings. The van der Waals surface area contributed by atoms with Crippen LogP contribution in [0.4, 0.5) is 5.82 Å². The first-order chi connectivity index (χ1) is 15.1. The van der Waals surface area contributed by atoms with E-state index in [1.165, 1.54) is 0 Å². The number of terminal acetylenes is 1. The number of ether oxygens (including phenoxy) is 2. The van der Waals surface area contributed by atoms with Gasteiger partial charge in [0.15, 0.2) is 0 Å². The Balaban J connectivity index is 1.80. The molecular weight excluding hydrogens is 408 g/mol. The van der Waals surface area contributed by atoms with E-state index < -0.39 is 11.6 Å². The standard InChI is InChI=1S/C25H30N2O5/c1-5-18(16-23(28)29)15-19-9-11-21(12-10-19)31-14-13-20-7-6-8-22(27-20)26-17-24(30)32-25(2,3)4/h1,6-12,18H,13-17H2,2-4H3,(H,26,27)(H,28,29). The molecule has 0 bridgehead atoms. The predicted octanol–water partition coefficient (Wildman–Crippen LogP) is 3.72. The van der Waals surface area contributed by atoms with Crippen LogP contribution in [0.15, 0.2) is 42.5 Å². The van der Waals surface area contributed by atoms with Crippen molar-refractivity contribution < 1.29 is 24.2 Å². The Morgan fingerprint density at radius 3 is 2.53 bits per heavy atom. The average molecular weight is 439 g/mol. The van der Waals surface area contributed by atoms with E-state index in [9.17, 15) is 9.59 Å². The number of nitrogens with one attached hydrogen (secondary N) is 1. The molecule has 7 nitrogen and oxygen atoms in total. The van der Waals surface area contributed by atoms with Crippen LogP contribution < -0.4 is 10.1 Å². The average Bonchev–Trinajstić information content (AvgIpc) is 2.72. The monoisotopic (exact) mass is 438 g/mol. The zero-order chi connectivity index (χ0) is 23.6. The SMILES string of the molecule is C#CC(CC(=O)O)Cc1ccc(OCCc2cccc(NCC(=O)OC(C)(C)C)n2)cc1. The van der Waals surface area contributed by atoms with Gasteiger partial charge in [0, 0.05) is 18.0 Å². The van der Waals surface area contributed by atoms with E-state index >= 15 is 0 Å². The van der Waals surface area contributed by atoms with Gasteiger partial charge in [-0.2, -0.15) is 0 Å². The fourth-order valence-corrected chi connectivity index (χ4v) is 2.94. The second kappa shape index (κ2) is 11.8. The van der Waals surface area contributed by atoms with Gasteiger partial charge in [0.1, 0.15) is 23.7 Å². The van der Waals surface area contributed by atoms with Gasteiger partial charge in [-0.1, -0.05) is 18.2 Å². The van der Waals surface area contributed by atoms with E-state index in [4.69, 9.17) is 21.0 Å². The minimum absolute atomic E-state index is 0.0452. The summed E-state index contributed by atoms with van der Waals surface area (Å²) in [6.45, 7) is 5.96. The summed E-state index contributed by atoms with van der Waals surface area (Å²) in [6.07, 6.45) is 6.48. The molecule has 0 amide bonds. The third-order valence-corrected chi connectivity index (χ3v) is 4.33. The summed E-state index contributed by atoms with van der Waals surface area (Å²) in [5, 5.41) is 11.9. The van der Waals surface area contributed by atoms with Crippen LogP contribution in [0.5, 0.6) is 5.75 Å². The molecule has 2 aromatic rings. The number of benzene rings is 1. The third kappa shape index (κ3) is 9.52. The summed E-state index contributed by atoms with van der Waals surface area (Å²) in [5.41, 5.74) is 1.28. The normalized spacial score (nSPS) is 11.8. The van der Waals surface area contributed by atoms with Crippen molar-refractivity contribution in [3.8, 4) is 18.1 Å². The summed E-state index contributed by atoms with van der Waals surface area (Å²) < 4.78 is 11.1. The minimum atomic E-state index is -0.898. The molecule has 0 radical (unpaired) electrons. The van der Waals surface area contributed by atoms with Gasteiger partial charge in [0.05, 0.1) is 13.0 Å². The van der Waals surface area contributed by atoms with Crippen LogP contribution in [-0.2, 0) is 27.2 Å². The van der Waals surface area contributed by atoms with Crippen LogP contribution in [0, 0.1) is 18.3 Å². The highest BCUT2D eigenvalue weighted by molar-refractivity contribution is 5.74. The lowest BCUT2D eigenvalue weighted by Gasteiger charge is -2.19. The van der Waals surface area contributed by atoms with Crippen LogP contribution in [0.3, 0.4) is 0 Å². The Morgan fingerprint density at radius 1 is 1.19 bits per heavy atom. The van der Waals surface area contributed by atoms with Gasteiger partial charge in [-0.15, -0.1) is 12.3 Å². The Morgan fingerprint density at radius 2 is 1.91 bits per heavy atom. The summed E-state index contributed by atoms with van der Waals surface area (Å²) >= 11 is 0. The molecule has 1 aromatic carbocycles. The van der Waals surface area contributed by atoms with Crippen molar-refractivity contribution in [2.45, 2.75) is 45.6 Å². The molecule has 32 heavy (non-hydrogen) atoms. The number of hydrogen-bond acceptors (Lipinski definition) is 6. The smallest absolute Gasteiger partial charge is 0.325 e. The maximum absolute atomic E-state index is 11.8. The molecule has 7 heteroatoms. The first-order valence-electron chi connectivity index (χ1n) is 10.5. The number of carboxylic acids is 1. The van der Waals surface area contributed by atoms with Gasteiger partial charge in [-0.3, -0.25) is 9.59 Å². The largest absolute Gasteiger partial charge is 0.493 e. The Kier molecular flexibility index (Phi) is 9.08. The maximum Gasteiger partial charge on any atom is 0.325 e. The Hall–Kier alpha value is -3.53. The van der Waals surface area contributed by atoms with Crippen molar-refractivity contribution in [2.75, 3.05) is 18.5 Å². The number of carbonyl (C=O) groups excluding carboxylic acids is 1. The molecule has 0 saturated carbocycles. The first kappa shape index (κ1) is 24.7. The van der Waals surface area contributed by atoms with Crippen LogP contribution in [0.1, 0.15) is 38.4 Å². The fourth-order valence-electron chi connectivity index (χ4n) is 2.94. The second-order valence-corrected chi connectivity index (χ2v) is 8.36. The number of hydrogen-bond donors (Lipinski definition) is 2. The minimum Gasteiger partial charge on any atom is -0.493 e. The van der Waals surface area contributed by atoms with Crippen molar-refractivity contribution in [3.05, 3.63) is 53.7 Å². The molecular formula is C25H30N2O5. The first-order valence-corrected chi connectivity index (χ1v) is 10.5. The zero-order valence-corrected chi connectivity index (χ0v) is 18.8. The molecule has 0 saturated heterocycles. The van der Waals surface area contributed by atoms with Crippen LogP contribution in [0.2, 0.25) is 0 Å². The lowest BCUT2D eigenvalue weighted by Crippen LogP contribution is -2.28. The molecule has 1 atom stereocenters. The molecule has 1 unspecified atom stereocenters. The van der Waals surface area contributed by atoms with E-state index in [0.717, 1.165) is 11.3 Å².